The second-order valence-electron chi connectivity index (χ2n) is 3.45. The molecule has 0 saturated carbocycles. The lowest BCUT2D eigenvalue weighted by molar-refractivity contribution is 0.269. The quantitative estimate of drug-likeness (QED) is 0.727. The lowest BCUT2D eigenvalue weighted by Crippen LogP contribution is -2.20. The van der Waals surface area contributed by atoms with Gasteiger partial charge in [-0.3, -0.25) is 0 Å². The van der Waals surface area contributed by atoms with E-state index in [1.165, 1.54) is 0 Å². The Kier molecular flexibility index (Phi) is 2.38. The Labute approximate surface area is 83.1 Å². The van der Waals surface area contributed by atoms with Crippen LogP contribution >= 0.6 is 0 Å². The number of hydrogen-bond acceptors (Lipinski definition) is 3. The maximum Gasteiger partial charge on any atom is 0.124 e. The van der Waals surface area contributed by atoms with E-state index in [-0.39, 0.29) is 6.04 Å². The molecule has 1 aliphatic heterocycles. The zero-order chi connectivity index (χ0) is 9.97. The highest BCUT2D eigenvalue weighted by Gasteiger charge is 2.17. The summed E-state index contributed by atoms with van der Waals surface area (Å²) in [6.07, 6.45) is 1.29. The zero-order valence-electron chi connectivity index (χ0n) is 7.86. The van der Waals surface area contributed by atoms with Crippen molar-refractivity contribution in [2.24, 2.45) is 5.73 Å². The molecule has 3 heteroatoms. The van der Waals surface area contributed by atoms with Gasteiger partial charge < -0.3 is 10.5 Å². The fraction of sp³-hybridized carbons (Fsp3) is 0.364. The van der Waals surface area contributed by atoms with E-state index in [1.54, 1.807) is 0 Å². The van der Waals surface area contributed by atoms with Gasteiger partial charge in [0.2, 0.25) is 0 Å². The van der Waals surface area contributed by atoms with Crippen molar-refractivity contribution in [1.29, 1.82) is 5.26 Å². The molecular formula is C11H12N2O. The molecule has 1 aromatic rings. The number of nitrogens with two attached hydrogens (primary N) is 1. The minimum atomic E-state index is 0.0786. The lowest BCUT2D eigenvalue weighted by Gasteiger charge is -2.23. The van der Waals surface area contributed by atoms with Gasteiger partial charge in [-0.05, 0) is 11.6 Å². The van der Waals surface area contributed by atoms with E-state index in [2.05, 4.69) is 6.07 Å². The number of rotatable bonds is 1. The van der Waals surface area contributed by atoms with E-state index in [0.29, 0.717) is 13.0 Å². The molecule has 1 unspecified atom stereocenters. The molecule has 0 radical (unpaired) electrons. The van der Waals surface area contributed by atoms with Crippen molar-refractivity contribution < 1.29 is 4.74 Å². The van der Waals surface area contributed by atoms with Crippen molar-refractivity contribution in [2.75, 3.05) is 6.61 Å². The lowest BCUT2D eigenvalue weighted by atomic mass is 9.99. The van der Waals surface area contributed by atoms with Crippen molar-refractivity contribution in [3.05, 3.63) is 29.3 Å². The molecule has 0 bridgehead atoms. The summed E-state index contributed by atoms with van der Waals surface area (Å²) >= 11 is 0. The summed E-state index contributed by atoms with van der Waals surface area (Å²) in [4.78, 5) is 0. The van der Waals surface area contributed by atoms with Crippen LogP contribution in [0.5, 0.6) is 5.75 Å². The highest BCUT2D eigenvalue weighted by atomic mass is 16.5. The minimum Gasteiger partial charge on any atom is -0.493 e. The summed E-state index contributed by atoms with van der Waals surface area (Å²) in [5, 5.41) is 8.56. The molecule has 1 heterocycles. The van der Waals surface area contributed by atoms with Crippen molar-refractivity contribution in [3.63, 3.8) is 0 Å². The van der Waals surface area contributed by atoms with Gasteiger partial charge >= 0.3 is 0 Å². The molecule has 2 rings (SSSR count). The predicted molar refractivity (Wildman–Crippen MR) is 52.8 cm³/mol. The van der Waals surface area contributed by atoms with Gasteiger partial charge in [-0.1, -0.05) is 12.1 Å². The first kappa shape index (κ1) is 9.04. The van der Waals surface area contributed by atoms with Crippen LogP contribution in [-0.2, 0) is 6.42 Å². The van der Waals surface area contributed by atoms with Crippen LogP contribution in [-0.4, -0.2) is 6.61 Å². The molecular weight excluding hydrogens is 176 g/mol. The Morgan fingerprint density at radius 2 is 2.43 bits per heavy atom. The molecule has 0 saturated heterocycles. The third kappa shape index (κ3) is 1.57. The van der Waals surface area contributed by atoms with Gasteiger partial charge in [0.25, 0.3) is 0 Å². The normalized spacial score (nSPS) is 19.3. The summed E-state index contributed by atoms with van der Waals surface area (Å²) in [6.45, 7) is 0.671. The summed E-state index contributed by atoms with van der Waals surface area (Å²) in [6, 6.07) is 8.01. The number of nitriles is 1. The van der Waals surface area contributed by atoms with Gasteiger partial charge in [-0.2, -0.15) is 5.26 Å². The molecule has 1 aromatic carbocycles. The van der Waals surface area contributed by atoms with E-state index in [4.69, 9.17) is 15.7 Å². The largest absolute Gasteiger partial charge is 0.493 e. The molecule has 2 N–H and O–H groups in total. The molecule has 1 atom stereocenters. The van der Waals surface area contributed by atoms with Crippen LogP contribution in [0.2, 0.25) is 0 Å². The third-order valence-corrected chi connectivity index (χ3v) is 2.45. The van der Waals surface area contributed by atoms with Crippen LogP contribution in [0.4, 0.5) is 0 Å². The van der Waals surface area contributed by atoms with Crippen molar-refractivity contribution >= 4 is 0 Å². The predicted octanol–water partition coefficient (Wildman–Crippen LogP) is 1.53. The molecule has 72 valence electrons. The van der Waals surface area contributed by atoms with E-state index < -0.39 is 0 Å². The standard InChI is InChI=1S/C11H12N2O/c12-5-3-8-1-2-9-10(13)4-6-14-11(9)7-8/h1-2,7,10H,3-4,6,13H2. The topological polar surface area (TPSA) is 59.0 Å². The fourth-order valence-corrected chi connectivity index (χ4v) is 1.66. The fourth-order valence-electron chi connectivity index (χ4n) is 1.66. The number of ether oxygens (including phenoxy) is 1. The maximum absolute atomic E-state index is 8.56. The summed E-state index contributed by atoms with van der Waals surface area (Å²) in [7, 11) is 0. The van der Waals surface area contributed by atoms with Gasteiger partial charge in [0.15, 0.2) is 0 Å². The smallest absolute Gasteiger partial charge is 0.124 e. The Hall–Kier alpha value is -1.53. The number of benzene rings is 1. The van der Waals surface area contributed by atoms with Gasteiger partial charge in [0.1, 0.15) is 5.75 Å². The molecule has 0 fully saturated rings. The van der Waals surface area contributed by atoms with E-state index in [9.17, 15) is 0 Å². The van der Waals surface area contributed by atoms with E-state index in [1.807, 2.05) is 18.2 Å². The SMILES string of the molecule is N#CCc1ccc2c(c1)OCCC2N. The van der Waals surface area contributed by atoms with Crippen molar-refractivity contribution in [1.82, 2.24) is 0 Å². The average molecular weight is 188 g/mol. The summed E-state index contributed by atoms with van der Waals surface area (Å²) < 4.78 is 5.49. The van der Waals surface area contributed by atoms with Crippen LogP contribution < -0.4 is 10.5 Å². The Bertz CT molecular complexity index is 381. The monoisotopic (exact) mass is 188 g/mol. The highest BCUT2D eigenvalue weighted by Crippen LogP contribution is 2.31. The number of hydrogen-bond donors (Lipinski definition) is 1. The van der Waals surface area contributed by atoms with Gasteiger partial charge in [-0.25, -0.2) is 0 Å². The van der Waals surface area contributed by atoms with Gasteiger partial charge in [-0.15, -0.1) is 0 Å². The second kappa shape index (κ2) is 3.69. The molecule has 3 nitrogen and oxygen atoms in total. The molecule has 1 aliphatic rings. The first-order valence-corrected chi connectivity index (χ1v) is 4.69. The number of fused-ring (bicyclic) bond motifs is 1. The van der Waals surface area contributed by atoms with Crippen LogP contribution in [0.25, 0.3) is 0 Å². The average Bonchev–Trinajstić information content (AvgIpc) is 2.18. The molecule has 0 aromatic heterocycles. The molecule has 14 heavy (non-hydrogen) atoms. The molecule has 0 amide bonds. The molecule has 0 aliphatic carbocycles. The van der Waals surface area contributed by atoms with Crippen LogP contribution in [0.15, 0.2) is 18.2 Å². The van der Waals surface area contributed by atoms with E-state index >= 15 is 0 Å². The first-order chi connectivity index (χ1) is 6.81. The molecule has 0 spiro atoms. The van der Waals surface area contributed by atoms with Crippen LogP contribution in [0.3, 0.4) is 0 Å². The van der Waals surface area contributed by atoms with E-state index in [0.717, 1.165) is 23.3 Å². The van der Waals surface area contributed by atoms with Crippen molar-refractivity contribution in [2.45, 2.75) is 18.9 Å². The second-order valence-corrected chi connectivity index (χ2v) is 3.45. The highest BCUT2D eigenvalue weighted by molar-refractivity contribution is 5.41. The minimum absolute atomic E-state index is 0.0786. The summed E-state index contributed by atoms with van der Waals surface area (Å²) in [5.41, 5.74) is 7.97. The van der Waals surface area contributed by atoms with Crippen LogP contribution in [0.1, 0.15) is 23.6 Å². The Morgan fingerprint density at radius 1 is 1.57 bits per heavy atom. The number of nitrogens with zero attached hydrogens (tertiary/aromatic N) is 1. The summed E-state index contributed by atoms with van der Waals surface area (Å²) in [5.74, 6) is 0.844. The first-order valence-electron chi connectivity index (χ1n) is 4.69. The Balaban J connectivity index is 2.35. The van der Waals surface area contributed by atoms with Crippen LogP contribution in [0, 0.1) is 11.3 Å². The maximum atomic E-state index is 8.56. The van der Waals surface area contributed by atoms with Crippen molar-refractivity contribution in [3.8, 4) is 11.8 Å². The van der Waals surface area contributed by atoms with Gasteiger partial charge in [0.05, 0.1) is 19.1 Å². The third-order valence-electron chi connectivity index (χ3n) is 2.45. The Morgan fingerprint density at radius 3 is 3.21 bits per heavy atom. The van der Waals surface area contributed by atoms with Gasteiger partial charge in [0, 0.05) is 18.0 Å². The zero-order valence-corrected chi connectivity index (χ0v) is 7.86.